The lowest BCUT2D eigenvalue weighted by molar-refractivity contribution is -0.139. The highest BCUT2D eigenvalue weighted by Crippen LogP contribution is 2.39. The number of hydrogen-bond acceptors (Lipinski definition) is 3. The second-order valence-electron chi connectivity index (χ2n) is 5.96. The molecule has 2 aliphatic heterocycles. The summed E-state index contributed by atoms with van der Waals surface area (Å²) in [5.41, 5.74) is 2.23. The number of esters is 1. The Morgan fingerprint density at radius 3 is 2.78 bits per heavy atom. The Morgan fingerprint density at radius 1 is 1.22 bits per heavy atom. The molecular formula is C15H18O3. The summed E-state index contributed by atoms with van der Waals surface area (Å²) < 4.78 is 11.3. The number of ether oxygens (including phenoxy) is 2. The van der Waals surface area contributed by atoms with Crippen molar-refractivity contribution >= 4 is 5.97 Å². The van der Waals surface area contributed by atoms with Gasteiger partial charge in [0, 0.05) is 6.07 Å². The predicted molar refractivity (Wildman–Crippen MR) is 68.0 cm³/mol. The van der Waals surface area contributed by atoms with Crippen molar-refractivity contribution in [3.05, 3.63) is 23.3 Å². The average Bonchev–Trinajstić information content (AvgIpc) is 2.28. The van der Waals surface area contributed by atoms with Crippen molar-refractivity contribution in [3.63, 3.8) is 0 Å². The number of hydrogen-bond donors (Lipinski definition) is 0. The normalized spacial score (nSPS) is 24.6. The number of rotatable bonds is 0. The van der Waals surface area contributed by atoms with Gasteiger partial charge in [-0.1, -0.05) is 6.92 Å². The SMILES string of the molecule is CC1Cc2cc3c(cc2OC1=O)OC(C)(C)CC3. The van der Waals surface area contributed by atoms with E-state index in [9.17, 15) is 4.79 Å². The molecule has 1 aromatic carbocycles. The molecule has 0 amide bonds. The monoisotopic (exact) mass is 246 g/mol. The molecule has 96 valence electrons. The first kappa shape index (κ1) is 11.6. The molecule has 0 radical (unpaired) electrons. The zero-order valence-electron chi connectivity index (χ0n) is 11.1. The molecule has 3 heteroatoms. The molecule has 0 spiro atoms. The smallest absolute Gasteiger partial charge is 0.314 e. The maximum absolute atomic E-state index is 11.6. The van der Waals surface area contributed by atoms with Gasteiger partial charge in [-0.15, -0.1) is 0 Å². The van der Waals surface area contributed by atoms with Crippen LogP contribution in [-0.2, 0) is 17.6 Å². The quantitative estimate of drug-likeness (QED) is 0.521. The fraction of sp³-hybridized carbons (Fsp3) is 0.533. The van der Waals surface area contributed by atoms with Crippen molar-refractivity contribution in [2.75, 3.05) is 0 Å². The fourth-order valence-corrected chi connectivity index (χ4v) is 2.61. The number of carbonyl (C=O) groups excluding carboxylic acids is 1. The van der Waals surface area contributed by atoms with Crippen LogP contribution in [0.1, 0.15) is 38.3 Å². The summed E-state index contributed by atoms with van der Waals surface area (Å²) >= 11 is 0. The molecular weight excluding hydrogens is 228 g/mol. The summed E-state index contributed by atoms with van der Waals surface area (Å²) in [6.07, 6.45) is 2.82. The van der Waals surface area contributed by atoms with Gasteiger partial charge in [0.2, 0.25) is 0 Å². The summed E-state index contributed by atoms with van der Waals surface area (Å²) in [4.78, 5) is 11.6. The molecule has 2 heterocycles. The average molecular weight is 246 g/mol. The van der Waals surface area contributed by atoms with E-state index >= 15 is 0 Å². The lowest BCUT2D eigenvalue weighted by atomic mass is 9.90. The van der Waals surface area contributed by atoms with Crippen molar-refractivity contribution < 1.29 is 14.3 Å². The van der Waals surface area contributed by atoms with Gasteiger partial charge in [0.15, 0.2) is 0 Å². The van der Waals surface area contributed by atoms with Crippen LogP contribution in [0.3, 0.4) is 0 Å². The van der Waals surface area contributed by atoms with Crippen LogP contribution in [0.2, 0.25) is 0 Å². The van der Waals surface area contributed by atoms with E-state index in [4.69, 9.17) is 9.47 Å². The Morgan fingerprint density at radius 2 is 2.00 bits per heavy atom. The molecule has 3 nitrogen and oxygen atoms in total. The van der Waals surface area contributed by atoms with Crippen molar-refractivity contribution in [2.24, 2.45) is 5.92 Å². The van der Waals surface area contributed by atoms with Crippen LogP contribution in [-0.4, -0.2) is 11.6 Å². The molecule has 0 fully saturated rings. The van der Waals surface area contributed by atoms with Gasteiger partial charge in [-0.2, -0.15) is 0 Å². The van der Waals surface area contributed by atoms with Crippen LogP contribution in [0.4, 0.5) is 0 Å². The molecule has 2 aliphatic rings. The van der Waals surface area contributed by atoms with Gasteiger partial charge < -0.3 is 9.47 Å². The molecule has 0 saturated heterocycles. The lowest BCUT2D eigenvalue weighted by Gasteiger charge is -2.34. The Labute approximate surface area is 107 Å². The van der Waals surface area contributed by atoms with Crippen LogP contribution in [0.25, 0.3) is 0 Å². The van der Waals surface area contributed by atoms with E-state index in [0.29, 0.717) is 5.75 Å². The maximum atomic E-state index is 11.6. The topological polar surface area (TPSA) is 35.5 Å². The fourth-order valence-electron chi connectivity index (χ4n) is 2.61. The molecule has 0 N–H and O–H groups in total. The largest absolute Gasteiger partial charge is 0.487 e. The summed E-state index contributed by atoms with van der Waals surface area (Å²) in [5.74, 6) is 1.36. The summed E-state index contributed by atoms with van der Waals surface area (Å²) in [6.45, 7) is 6.08. The first-order valence-electron chi connectivity index (χ1n) is 6.51. The van der Waals surface area contributed by atoms with Crippen LogP contribution in [0.15, 0.2) is 12.1 Å². The number of carbonyl (C=O) groups is 1. The highest BCUT2D eigenvalue weighted by atomic mass is 16.5. The zero-order chi connectivity index (χ0) is 12.9. The summed E-state index contributed by atoms with van der Waals surface area (Å²) in [6, 6.07) is 4.03. The van der Waals surface area contributed by atoms with E-state index in [-0.39, 0.29) is 17.5 Å². The van der Waals surface area contributed by atoms with Crippen LogP contribution >= 0.6 is 0 Å². The Bertz CT molecular complexity index is 517. The highest BCUT2D eigenvalue weighted by molar-refractivity contribution is 5.78. The van der Waals surface area contributed by atoms with Gasteiger partial charge in [0.1, 0.15) is 17.1 Å². The Hall–Kier alpha value is -1.51. The lowest BCUT2D eigenvalue weighted by Crippen LogP contribution is -2.33. The number of benzene rings is 1. The molecule has 0 bridgehead atoms. The van der Waals surface area contributed by atoms with Gasteiger partial charge in [0.25, 0.3) is 0 Å². The Balaban J connectivity index is 2.01. The highest BCUT2D eigenvalue weighted by Gasteiger charge is 2.31. The van der Waals surface area contributed by atoms with Crippen molar-refractivity contribution in [1.82, 2.24) is 0 Å². The standard InChI is InChI=1S/C15H18O3/c1-9-6-11-7-10-4-5-15(2,3)18-13(10)8-12(11)17-14(9)16/h7-9H,4-6H2,1-3H3. The van der Waals surface area contributed by atoms with Crippen LogP contribution in [0.5, 0.6) is 11.5 Å². The third-order valence-electron chi connectivity index (χ3n) is 3.77. The van der Waals surface area contributed by atoms with Crippen molar-refractivity contribution in [1.29, 1.82) is 0 Å². The summed E-state index contributed by atoms with van der Waals surface area (Å²) in [5, 5.41) is 0. The molecule has 1 atom stereocenters. The van der Waals surface area contributed by atoms with Gasteiger partial charge in [-0.3, -0.25) is 4.79 Å². The van der Waals surface area contributed by atoms with Gasteiger partial charge in [0.05, 0.1) is 5.92 Å². The van der Waals surface area contributed by atoms with E-state index in [1.165, 1.54) is 5.56 Å². The number of fused-ring (bicyclic) bond motifs is 2. The van der Waals surface area contributed by atoms with Crippen molar-refractivity contribution in [2.45, 2.75) is 45.6 Å². The molecule has 18 heavy (non-hydrogen) atoms. The van der Waals surface area contributed by atoms with Crippen LogP contribution in [0, 0.1) is 5.92 Å². The molecule has 0 saturated carbocycles. The minimum absolute atomic E-state index is 0.0449. The number of aryl methyl sites for hydroxylation is 1. The summed E-state index contributed by atoms with van der Waals surface area (Å²) in [7, 11) is 0. The zero-order valence-corrected chi connectivity index (χ0v) is 11.1. The molecule has 1 unspecified atom stereocenters. The molecule has 3 rings (SSSR count). The first-order valence-corrected chi connectivity index (χ1v) is 6.51. The molecule has 0 aliphatic carbocycles. The van der Waals surface area contributed by atoms with Gasteiger partial charge >= 0.3 is 5.97 Å². The predicted octanol–water partition coefficient (Wildman–Crippen LogP) is 2.89. The van der Waals surface area contributed by atoms with E-state index in [1.54, 1.807) is 0 Å². The van der Waals surface area contributed by atoms with Crippen molar-refractivity contribution in [3.8, 4) is 11.5 Å². The van der Waals surface area contributed by atoms with Gasteiger partial charge in [-0.05, 0) is 50.3 Å². The van der Waals surface area contributed by atoms with Gasteiger partial charge in [-0.25, -0.2) is 0 Å². The Kier molecular flexibility index (Phi) is 2.40. The minimum atomic E-state index is -0.141. The van der Waals surface area contributed by atoms with E-state index in [2.05, 4.69) is 19.9 Å². The minimum Gasteiger partial charge on any atom is -0.487 e. The maximum Gasteiger partial charge on any atom is 0.314 e. The molecule has 0 aromatic heterocycles. The first-order chi connectivity index (χ1) is 8.44. The third kappa shape index (κ3) is 1.88. The third-order valence-corrected chi connectivity index (χ3v) is 3.77. The van der Waals surface area contributed by atoms with E-state index in [1.807, 2.05) is 13.0 Å². The second-order valence-corrected chi connectivity index (χ2v) is 5.96. The second kappa shape index (κ2) is 3.74. The van der Waals surface area contributed by atoms with E-state index < -0.39 is 0 Å². The van der Waals surface area contributed by atoms with Crippen LogP contribution < -0.4 is 9.47 Å². The molecule has 1 aromatic rings. The van der Waals surface area contributed by atoms with E-state index in [0.717, 1.165) is 30.6 Å².